The van der Waals surface area contributed by atoms with Gasteiger partial charge in [0.15, 0.2) is 0 Å². The first-order valence-corrected chi connectivity index (χ1v) is 7.05. The van der Waals surface area contributed by atoms with Crippen molar-refractivity contribution in [3.8, 4) is 0 Å². The van der Waals surface area contributed by atoms with Crippen molar-refractivity contribution in [3.63, 3.8) is 0 Å². The highest BCUT2D eigenvalue weighted by atomic mass is 15.2. The van der Waals surface area contributed by atoms with E-state index < -0.39 is 0 Å². The van der Waals surface area contributed by atoms with E-state index in [1.807, 2.05) is 17.9 Å². The highest BCUT2D eigenvalue weighted by Crippen LogP contribution is 2.05. The Morgan fingerprint density at radius 2 is 2.22 bits per heavy atom. The van der Waals surface area contributed by atoms with Crippen molar-refractivity contribution in [3.05, 3.63) is 18.0 Å². The van der Waals surface area contributed by atoms with Gasteiger partial charge in [-0.2, -0.15) is 5.10 Å². The largest absolute Gasteiger partial charge is 0.314 e. The lowest BCUT2D eigenvalue weighted by atomic mass is 10.1. The van der Waals surface area contributed by atoms with Crippen molar-refractivity contribution in [2.75, 3.05) is 20.1 Å². The minimum atomic E-state index is 0.682. The van der Waals surface area contributed by atoms with E-state index in [0.29, 0.717) is 6.04 Å². The molecule has 0 amide bonds. The van der Waals surface area contributed by atoms with E-state index in [-0.39, 0.29) is 0 Å². The first kappa shape index (κ1) is 15.2. The number of hydrogen-bond donors (Lipinski definition) is 1. The summed E-state index contributed by atoms with van der Waals surface area (Å²) in [5.74, 6) is 0. The van der Waals surface area contributed by atoms with E-state index in [2.05, 4.69) is 42.4 Å². The van der Waals surface area contributed by atoms with Gasteiger partial charge < -0.3 is 10.2 Å². The molecule has 1 atom stereocenters. The molecule has 0 aliphatic carbocycles. The molecule has 4 nitrogen and oxygen atoms in total. The molecule has 1 unspecified atom stereocenters. The van der Waals surface area contributed by atoms with Crippen LogP contribution < -0.4 is 5.32 Å². The van der Waals surface area contributed by atoms with E-state index >= 15 is 0 Å². The third-order valence-corrected chi connectivity index (χ3v) is 3.29. The number of aryl methyl sites for hydroxylation is 1. The maximum absolute atomic E-state index is 4.20. The topological polar surface area (TPSA) is 33.1 Å². The van der Waals surface area contributed by atoms with Gasteiger partial charge in [0, 0.05) is 31.4 Å². The smallest absolute Gasteiger partial charge is 0.0534 e. The Kier molecular flexibility index (Phi) is 6.98. The molecule has 0 saturated carbocycles. The summed E-state index contributed by atoms with van der Waals surface area (Å²) in [4.78, 5) is 2.37. The van der Waals surface area contributed by atoms with Gasteiger partial charge in [-0.3, -0.25) is 4.68 Å². The molecule has 104 valence electrons. The number of hydrogen-bond acceptors (Lipinski definition) is 3. The van der Waals surface area contributed by atoms with Crippen LogP contribution in [-0.4, -0.2) is 40.9 Å². The maximum atomic E-state index is 4.20. The van der Waals surface area contributed by atoms with Crippen LogP contribution in [0, 0.1) is 0 Å². The van der Waals surface area contributed by atoms with E-state index in [1.54, 1.807) is 0 Å². The third-order valence-electron chi connectivity index (χ3n) is 3.29. The fourth-order valence-electron chi connectivity index (χ4n) is 2.29. The Morgan fingerprint density at radius 3 is 2.78 bits per heavy atom. The van der Waals surface area contributed by atoms with E-state index in [0.717, 1.165) is 19.6 Å². The summed E-state index contributed by atoms with van der Waals surface area (Å²) in [6.45, 7) is 7.65. The average molecular weight is 252 g/mol. The first-order chi connectivity index (χ1) is 8.65. The van der Waals surface area contributed by atoms with Gasteiger partial charge in [0.2, 0.25) is 0 Å². The number of nitrogens with zero attached hydrogens (tertiary/aromatic N) is 3. The van der Waals surface area contributed by atoms with Crippen LogP contribution in [-0.2, 0) is 13.6 Å². The van der Waals surface area contributed by atoms with Crippen LogP contribution in [0.15, 0.2) is 12.4 Å². The Morgan fingerprint density at radius 1 is 1.44 bits per heavy atom. The Balaban J connectivity index is 2.18. The fraction of sp³-hybridized carbons (Fsp3) is 0.786. The van der Waals surface area contributed by atoms with Crippen LogP contribution in [0.2, 0.25) is 0 Å². The van der Waals surface area contributed by atoms with Crippen molar-refractivity contribution in [2.45, 2.75) is 45.7 Å². The monoisotopic (exact) mass is 252 g/mol. The zero-order chi connectivity index (χ0) is 13.4. The Bertz CT molecular complexity index is 321. The predicted molar refractivity (Wildman–Crippen MR) is 76.5 cm³/mol. The lowest BCUT2D eigenvalue weighted by Crippen LogP contribution is -2.29. The van der Waals surface area contributed by atoms with Crippen molar-refractivity contribution in [2.24, 2.45) is 7.05 Å². The van der Waals surface area contributed by atoms with Gasteiger partial charge in [0.1, 0.15) is 0 Å². The highest BCUT2D eigenvalue weighted by Gasteiger charge is 2.06. The summed E-state index contributed by atoms with van der Waals surface area (Å²) in [5, 5.41) is 7.72. The van der Waals surface area contributed by atoms with Crippen molar-refractivity contribution >= 4 is 0 Å². The summed E-state index contributed by atoms with van der Waals surface area (Å²) in [7, 11) is 4.15. The van der Waals surface area contributed by atoms with Gasteiger partial charge in [0.25, 0.3) is 0 Å². The van der Waals surface area contributed by atoms with Gasteiger partial charge in [-0.05, 0) is 39.4 Å². The summed E-state index contributed by atoms with van der Waals surface area (Å²) in [5.41, 5.74) is 1.29. The highest BCUT2D eigenvalue weighted by molar-refractivity contribution is 5.02. The Hall–Kier alpha value is -0.870. The number of rotatable bonds is 9. The second-order valence-corrected chi connectivity index (χ2v) is 5.07. The molecular weight excluding hydrogens is 224 g/mol. The second-order valence-electron chi connectivity index (χ2n) is 5.07. The Labute approximate surface area is 111 Å². The fourth-order valence-corrected chi connectivity index (χ4v) is 2.29. The van der Waals surface area contributed by atoms with Crippen molar-refractivity contribution in [1.82, 2.24) is 20.0 Å². The van der Waals surface area contributed by atoms with E-state index in [9.17, 15) is 0 Å². The van der Waals surface area contributed by atoms with Crippen LogP contribution >= 0.6 is 0 Å². The first-order valence-electron chi connectivity index (χ1n) is 7.05. The lowest BCUT2D eigenvalue weighted by Gasteiger charge is -2.19. The minimum Gasteiger partial charge on any atom is -0.314 e. The molecule has 0 radical (unpaired) electrons. The molecule has 0 spiro atoms. The summed E-state index contributed by atoms with van der Waals surface area (Å²) in [6, 6.07) is 0.682. The zero-order valence-electron chi connectivity index (χ0n) is 12.3. The minimum absolute atomic E-state index is 0.682. The summed E-state index contributed by atoms with van der Waals surface area (Å²) in [6.07, 6.45) is 7.78. The molecule has 1 N–H and O–H groups in total. The van der Waals surface area contributed by atoms with Crippen molar-refractivity contribution in [1.29, 1.82) is 0 Å². The summed E-state index contributed by atoms with van der Waals surface area (Å²) < 4.78 is 1.86. The molecule has 0 aliphatic heterocycles. The van der Waals surface area contributed by atoms with Gasteiger partial charge in [-0.1, -0.05) is 13.8 Å². The molecule has 0 saturated heterocycles. The standard InChI is InChI=1S/C14H28N4/c1-5-14(15-6-2)8-7-9-17(3)11-13-10-16-18(4)12-13/h10,12,14-15H,5-9,11H2,1-4H3. The molecule has 1 aromatic rings. The van der Waals surface area contributed by atoms with Crippen LogP contribution in [0.25, 0.3) is 0 Å². The predicted octanol–water partition coefficient (Wildman–Crippen LogP) is 2.02. The van der Waals surface area contributed by atoms with Gasteiger partial charge >= 0.3 is 0 Å². The molecule has 0 aliphatic rings. The SMILES string of the molecule is CCNC(CC)CCCN(C)Cc1cnn(C)c1. The second kappa shape index (κ2) is 8.27. The van der Waals surface area contributed by atoms with Crippen LogP contribution in [0.4, 0.5) is 0 Å². The normalized spacial score (nSPS) is 13.2. The lowest BCUT2D eigenvalue weighted by molar-refractivity contribution is 0.307. The summed E-state index contributed by atoms with van der Waals surface area (Å²) >= 11 is 0. The molecular formula is C14H28N4. The number of nitrogens with one attached hydrogen (secondary N) is 1. The van der Waals surface area contributed by atoms with Gasteiger partial charge in [-0.25, -0.2) is 0 Å². The molecule has 1 aromatic heterocycles. The average Bonchev–Trinajstić information content (AvgIpc) is 2.73. The van der Waals surface area contributed by atoms with Crippen LogP contribution in [0.5, 0.6) is 0 Å². The molecule has 4 heteroatoms. The van der Waals surface area contributed by atoms with Crippen molar-refractivity contribution < 1.29 is 0 Å². The number of aromatic nitrogens is 2. The third kappa shape index (κ3) is 5.65. The van der Waals surface area contributed by atoms with Crippen LogP contribution in [0.1, 0.15) is 38.7 Å². The van der Waals surface area contributed by atoms with Gasteiger partial charge in [-0.15, -0.1) is 0 Å². The molecule has 0 fully saturated rings. The van der Waals surface area contributed by atoms with E-state index in [1.165, 1.54) is 24.8 Å². The van der Waals surface area contributed by atoms with E-state index in [4.69, 9.17) is 0 Å². The zero-order valence-corrected chi connectivity index (χ0v) is 12.3. The molecule has 18 heavy (non-hydrogen) atoms. The molecule has 1 rings (SSSR count). The maximum Gasteiger partial charge on any atom is 0.0534 e. The van der Waals surface area contributed by atoms with Crippen LogP contribution in [0.3, 0.4) is 0 Å². The molecule has 0 aromatic carbocycles. The molecule has 0 bridgehead atoms. The quantitative estimate of drug-likeness (QED) is 0.730. The molecule has 1 heterocycles. The van der Waals surface area contributed by atoms with Gasteiger partial charge in [0.05, 0.1) is 6.20 Å².